The van der Waals surface area contributed by atoms with E-state index in [2.05, 4.69) is 10.3 Å². The molecule has 0 radical (unpaired) electrons. The Balaban J connectivity index is 1.81. The molecule has 1 aliphatic carbocycles. The van der Waals surface area contributed by atoms with Gasteiger partial charge in [0.05, 0.1) is 0 Å². The van der Waals surface area contributed by atoms with E-state index in [9.17, 15) is 13.2 Å². The normalized spacial score (nSPS) is 18.4. The first-order valence-electron chi connectivity index (χ1n) is 5.25. The summed E-state index contributed by atoms with van der Waals surface area (Å²) in [6, 6.07) is 5.43. The molecule has 0 aromatic carbocycles. The Bertz CT molecular complexity index is 344. The van der Waals surface area contributed by atoms with Crippen LogP contribution in [0, 0.1) is 0 Å². The molecule has 0 unspecified atom stereocenters. The number of pyridine rings is 1. The molecular weight excluding hydrogens is 217 g/mol. The summed E-state index contributed by atoms with van der Waals surface area (Å²) >= 11 is 0. The molecule has 16 heavy (non-hydrogen) atoms. The fraction of sp³-hybridized carbons (Fsp3) is 0.545. The van der Waals surface area contributed by atoms with Crippen LogP contribution in [-0.2, 0) is 6.42 Å². The van der Waals surface area contributed by atoms with E-state index in [-0.39, 0.29) is 12.8 Å². The predicted octanol–water partition coefficient (Wildman–Crippen LogP) is 2.31. The lowest BCUT2D eigenvalue weighted by molar-refractivity contribution is -0.165. The zero-order valence-electron chi connectivity index (χ0n) is 8.72. The zero-order valence-corrected chi connectivity index (χ0v) is 8.72. The molecule has 0 bridgehead atoms. The molecule has 5 heteroatoms. The van der Waals surface area contributed by atoms with Crippen LogP contribution in [0.5, 0.6) is 0 Å². The van der Waals surface area contributed by atoms with Crippen molar-refractivity contribution in [2.24, 2.45) is 0 Å². The maximum absolute atomic E-state index is 12.5. The van der Waals surface area contributed by atoms with Crippen molar-refractivity contribution < 1.29 is 13.2 Å². The van der Waals surface area contributed by atoms with Gasteiger partial charge in [0, 0.05) is 24.9 Å². The van der Waals surface area contributed by atoms with Crippen LogP contribution >= 0.6 is 0 Å². The molecule has 2 rings (SSSR count). The number of alkyl halides is 3. The van der Waals surface area contributed by atoms with Gasteiger partial charge in [0.25, 0.3) is 0 Å². The lowest BCUT2D eigenvalue weighted by Gasteiger charge is -2.20. The molecule has 0 saturated heterocycles. The van der Waals surface area contributed by atoms with Crippen molar-refractivity contribution in [1.29, 1.82) is 0 Å². The van der Waals surface area contributed by atoms with Crippen LogP contribution in [-0.4, -0.2) is 23.2 Å². The fourth-order valence-corrected chi connectivity index (χ4v) is 1.66. The van der Waals surface area contributed by atoms with Crippen molar-refractivity contribution in [3.8, 4) is 0 Å². The Labute approximate surface area is 91.9 Å². The molecule has 0 amide bonds. The monoisotopic (exact) mass is 230 g/mol. The highest BCUT2D eigenvalue weighted by atomic mass is 19.4. The van der Waals surface area contributed by atoms with Gasteiger partial charge in [-0.25, -0.2) is 0 Å². The standard InChI is InChI=1S/C11H13F3N2/c12-11(13,14)10(5-6-10)16-8-4-9-3-1-2-7-15-9/h1-3,7,16H,4-6,8H2. The molecule has 1 heterocycles. The molecule has 1 fully saturated rings. The van der Waals surface area contributed by atoms with Gasteiger partial charge < -0.3 is 5.32 Å². The second kappa shape index (κ2) is 4.05. The van der Waals surface area contributed by atoms with Crippen LogP contribution in [0.1, 0.15) is 18.5 Å². The third-order valence-electron chi connectivity index (χ3n) is 2.86. The molecule has 1 saturated carbocycles. The highest BCUT2D eigenvalue weighted by Crippen LogP contribution is 2.48. The molecule has 0 atom stereocenters. The van der Waals surface area contributed by atoms with Gasteiger partial charge >= 0.3 is 6.18 Å². The Hall–Kier alpha value is -1.10. The van der Waals surface area contributed by atoms with Crippen molar-refractivity contribution in [1.82, 2.24) is 10.3 Å². The van der Waals surface area contributed by atoms with Crippen LogP contribution in [0.25, 0.3) is 0 Å². The number of nitrogens with zero attached hydrogens (tertiary/aromatic N) is 1. The van der Waals surface area contributed by atoms with Crippen LogP contribution in [0.15, 0.2) is 24.4 Å². The summed E-state index contributed by atoms with van der Waals surface area (Å²) in [5.74, 6) is 0. The van der Waals surface area contributed by atoms with Crippen molar-refractivity contribution in [2.75, 3.05) is 6.54 Å². The van der Waals surface area contributed by atoms with E-state index in [1.165, 1.54) is 0 Å². The van der Waals surface area contributed by atoms with Gasteiger partial charge in [-0.3, -0.25) is 4.98 Å². The lowest BCUT2D eigenvalue weighted by atomic mass is 10.2. The number of hydrogen-bond acceptors (Lipinski definition) is 2. The summed E-state index contributed by atoms with van der Waals surface area (Å²) < 4.78 is 37.6. The molecule has 1 aromatic heterocycles. The summed E-state index contributed by atoms with van der Waals surface area (Å²) in [6.07, 6.45) is -1.57. The maximum Gasteiger partial charge on any atom is 0.406 e. The van der Waals surface area contributed by atoms with Crippen molar-refractivity contribution in [3.63, 3.8) is 0 Å². The number of aromatic nitrogens is 1. The van der Waals surface area contributed by atoms with E-state index < -0.39 is 11.7 Å². The minimum atomic E-state index is -4.13. The van der Waals surface area contributed by atoms with Gasteiger partial charge in [0.15, 0.2) is 0 Å². The number of nitrogens with one attached hydrogen (secondary N) is 1. The highest BCUT2D eigenvalue weighted by molar-refractivity contribution is 5.09. The van der Waals surface area contributed by atoms with Gasteiger partial charge in [-0.2, -0.15) is 13.2 Å². The van der Waals surface area contributed by atoms with E-state index in [1.807, 2.05) is 12.1 Å². The van der Waals surface area contributed by atoms with Crippen LogP contribution < -0.4 is 5.32 Å². The third kappa shape index (κ3) is 2.35. The first-order chi connectivity index (χ1) is 7.54. The molecule has 1 aliphatic rings. The van der Waals surface area contributed by atoms with E-state index in [1.54, 1.807) is 12.3 Å². The van der Waals surface area contributed by atoms with Crippen molar-refractivity contribution in [3.05, 3.63) is 30.1 Å². The number of rotatable bonds is 4. The predicted molar refractivity (Wildman–Crippen MR) is 54.0 cm³/mol. The number of halogens is 3. The average Bonchev–Trinajstić information content (AvgIpc) is 3.00. The summed E-state index contributed by atoms with van der Waals surface area (Å²) in [7, 11) is 0. The van der Waals surface area contributed by atoms with Crippen molar-refractivity contribution >= 4 is 0 Å². The second-order valence-corrected chi connectivity index (χ2v) is 4.08. The van der Waals surface area contributed by atoms with E-state index >= 15 is 0 Å². The Morgan fingerprint density at radius 1 is 1.31 bits per heavy atom. The summed E-state index contributed by atoms with van der Waals surface area (Å²) in [5, 5.41) is 2.59. The molecule has 88 valence electrons. The van der Waals surface area contributed by atoms with E-state index in [0.717, 1.165) is 5.69 Å². The first-order valence-corrected chi connectivity index (χ1v) is 5.25. The maximum atomic E-state index is 12.5. The summed E-state index contributed by atoms with van der Waals surface area (Å²) in [4.78, 5) is 4.06. The van der Waals surface area contributed by atoms with Gasteiger partial charge in [-0.1, -0.05) is 6.07 Å². The molecule has 0 aliphatic heterocycles. The second-order valence-electron chi connectivity index (χ2n) is 4.08. The number of hydrogen-bond donors (Lipinski definition) is 1. The molecule has 1 aromatic rings. The van der Waals surface area contributed by atoms with Crippen LogP contribution in [0.2, 0.25) is 0 Å². The van der Waals surface area contributed by atoms with Crippen molar-refractivity contribution in [2.45, 2.75) is 31.0 Å². The molecule has 2 nitrogen and oxygen atoms in total. The zero-order chi connectivity index (χ0) is 11.6. The molecular formula is C11H13F3N2. The first kappa shape index (κ1) is 11.4. The third-order valence-corrected chi connectivity index (χ3v) is 2.86. The van der Waals surface area contributed by atoms with E-state index in [0.29, 0.717) is 13.0 Å². The topological polar surface area (TPSA) is 24.9 Å². The SMILES string of the molecule is FC(F)(F)C1(NCCc2ccccn2)CC1. The average molecular weight is 230 g/mol. The summed E-state index contributed by atoms with van der Waals surface area (Å²) in [5.41, 5.74) is -0.796. The van der Waals surface area contributed by atoms with Crippen LogP contribution in [0.4, 0.5) is 13.2 Å². The largest absolute Gasteiger partial charge is 0.406 e. The fourth-order valence-electron chi connectivity index (χ4n) is 1.66. The van der Waals surface area contributed by atoms with Gasteiger partial charge in [-0.05, 0) is 25.0 Å². The molecule has 1 N–H and O–H groups in total. The highest BCUT2D eigenvalue weighted by Gasteiger charge is 2.62. The Kier molecular flexibility index (Phi) is 2.88. The Morgan fingerprint density at radius 3 is 2.56 bits per heavy atom. The van der Waals surface area contributed by atoms with Gasteiger partial charge in [0.1, 0.15) is 5.54 Å². The van der Waals surface area contributed by atoms with Crippen LogP contribution in [0.3, 0.4) is 0 Å². The Morgan fingerprint density at radius 2 is 2.06 bits per heavy atom. The minimum absolute atomic E-state index is 0.193. The quantitative estimate of drug-likeness (QED) is 0.858. The van der Waals surface area contributed by atoms with Gasteiger partial charge in [-0.15, -0.1) is 0 Å². The van der Waals surface area contributed by atoms with Gasteiger partial charge in [0.2, 0.25) is 0 Å². The lowest BCUT2D eigenvalue weighted by Crippen LogP contribution is -2.45. The molecule has 0 spiro atoms. The smallest absolute Gasteiger partial charge is 0.303 e. The summed E-state index contributed by atoms with van der Waals surface area (Å²) in [6.45, 7) is 0.316. The minimum Gasteiger partial charge on any atom is -0.303 e. The van der Waals surface area contributed by atoms with E-state index in [4.69, 9.17) is 0 Å².